The molecule has 0 radical (unpaired) electrons. The van der Waals surface area contributed by atoms with Crippen LogP contribution in [-0.2, 0) is 20.9 Å². The number of nitrogens with one attached hydrogen (secondary N) is 1. The van der Waals surface area contributed by atoms with Crippen molar-refractivity contribution in [3.63, 3.8) is 0 Å². The lowest BCUT2D eigenvalue weighted by Crippen LogP contribution is -2.41. The fourth-order valence-corrected chi connectivity index (χ4v) is 4.05. The van der Waals surface area contributed by atoms with Crippen LogP contribution in [0.5, 0.6) is 11.5 Å². The molecule has 1 aliphatic rings. The van der Waals surface area contributed by atoms with E-state index in [9.17, 15) is 19.5 Å². The van der Waals surface area contributed by atoms with Crippen LogP contribution in [0.1, 0.15) is 29.4 Å². The van der Waals surface area contributed by atoms with Gasteiger partial charge in [0.25, 0.3) is 5.56 Å². The van der Waals surface area contributed by atoms with E-state index in [4.69, 9.17) is 18.6 Å². The summed E-state index contributed by atoms with van der Waals surface area (Å²) < 4.78 is 21.5. The van der Waals surface area contributed by atoms with Crippen molar-refractivity contribution in [3.8, 4) is 11.5 Å². The Kier molecular flexibility index (Phi) is 6.99. The van der Waals surface area contributed by atoms with E-state index in [1.165, 1.54) is 14.2 Å². The molecule has 2 aromatic heterocycles. The molecule has 3 heterocycles. The first kappa shape index (κ1) is 23.5. The summed E-state index contributed by atoms with van der Waals surface area (Å²) in [5.74, 6) is -1.32. The van der Waals surface area contributed by atoms with Crippen LogP contribution in [0, 0.1) is 0 Å². The fourth-order valence-electron chi connectivity index (χ4n) is 4.05. The Labute approximate surface area is 194 Å². The van der Waals surface area contributed by atoms with Crippen LogP contribution in [0.25, 0.3) is 10.9 Å². The van der Waals surface area contributed by atoms with Gasteiger partial charge in [0.1, 0.15) is 18.1 Å². The lowest BCUT2D eigenvalue weighted by atomic mass is 9.91. The van der Waals surface area contributed by atoms with Crippen molar-refractivity contribution < 1.29 is 28.5 Å². The molecule has 1 aromatic carbocycles. The maximum atomic E-state index is 13.1. The number of aromatic nitrogens is 1. The molecule has 0 unspecified atom stereocenters. The van der Waals surface area contributed by atoms with Crippen molar-refractivity contribution in [1.82, 2.24) is 9.88 Å². The number of fused-ring (bicyclic) bond motifs is 1. The molecule has 0 aliphatic carbocycles. The van der Waals surface area contributed by atoms with Gasteiger partial charge < -0.3 is 33.6 Å². The smallest absolute Gasteiger partial charge is 0.252 e. The molecule has 10 nitrogen and oxygen atoms in total. The molecule has 0 spiro atoms. The number of nitrogens with zero attached hydrogens (tertiary/aromatic N) is 1. The summed E-state index contributed by atoms with van der Waals surface area (Å²) >= 11 is 0. The molecular weight excluding hydrogens is 444 g/mol. The van der Waals surface area contributed by atoms with Crippen LogP contribution in [0.15, 0.2) is 44.3 Å². The minimum absolute atomic E-state index is 0.0159. The normalized spacial score (nSPS) is 14.8. The van der Waals surface area contributed by atoms with E-state index in [2.05, 4.69) is 4.98 Å². The van der Waals surface area contributed by atoms with E-state index in [1.807, 2.05) is 0 Å². The number of morpholine rings is 1. The zero-order valence-corrected chi connectivity index (χ0v) is 19.0. The minimum Gasteiger partial charge on any atom is -0.502 e. The molecule has 10 heteroatoms. The van der Waals surface area contributed by atoms with Crippen LogP contribution >= 0.6 is 0 Å². The van der Waals surface area contributed by atoms with Gasteiger partial charge in [-0.25, -0.2) is 0 Å². The van der Waals surface area contributed by atoms with Gasteiger partial charge in [-0.05, 0) is 24.3 Å². The van der Waals surface area contributed by atoms with Crippen molar-refractivity contribution in [1.29, 1.82) is 0 Å². The fraction of sp³-hybridized carbons (Fsp3) is 0.375. The third kappa shape index (κ3) is 4.82. The number of carbonyl (C=O) groups is 1. The minimum atomic E-state index is -1.01. The van der Waals surface area contributed by atoms with E-state index in [0.29, 0.717) is 43.0 Å². The molecule has 4 rings (SSSR count). The molecule has 1 aliphatic heterocycles. The summed E-state index contributed by atoms with van der Waals surface area (Å²) in [6, 6.07) is 7.92. The van der Waals surface area contributed by atoms with Gasteiger partial charge in [-0.2, -0.15) is 0 Å². The number of pyridine rings is 1. The number of hydrogen-bond acceptors (Lipinski definition) is 8. The number of benzene rings is 1. The van der Waals surface area contributed by atoms with Crippen molar-refractivity contribution >= 4 is 16.8 Å². The van der Waals surface area contributed by atoms with Gasteiger partial charge in [-0.1, -0.05) is 0 Å². The first-order valence-corrected chi connectivity index (χ1v) is 10.8. The SMILES string of the molecule is COCc1cc(=O)c(O)c([C@H](CC(=O)N2CCOCC2)c2cc3cc(OC)ccc3[nH]c2=O)o1. The largest absolute Gasteiger partial charge is 0.502 e. The molecule has 1 saturated heterocycles. The average molecular weight is 470 g/mol. The molecule has 0 saturated carbocycles. The van der Waals surface area contributed by atoms with Gasteiger partial charge in [-0.15, -0.1) is 0 Å². The molecular formula is C24H26N2O8. The van der Waals surface area contributed by atoms with Crippen molar-refractivity contribution in [2.75, 3.05) is 40.5 Å². The highest BCUT2D eigenvalue weighted by molar-refractivity contribution is 5.82. The maximum Gasteiger partial charge on any atom is 0.252 e. The Morgan fingerprint density at radius 3 is 2.65 bits per heavy atom. The van der Waals surface area contributed by atoms with Gasteiger partial charge in [0.05, 0.1) is 26.2 Å². The van der Waals surface area contributed by atoms with Gasteiger partial charge in [0, 0.05) is 49.2 Å². The lowest BCUT2D eigenvalue weighted by Gasteiger charge is -2.28. The number of rotatable bonds is 7. The van der Waals surface area contributed by atoms with E-state index < -0.39 is 22.7 Å². The highest BCUT2D eigenvalue weighted by Crippen LogP contribution is 2.33. The topological polar surface area (TPSA) is 131 Å². The highest BCUT2D eigenvalue weighted by Gasteiger charge is 2.30. The van der Waals surface area contributed by atoms with Gasteiger partial charge in [0.2, 0.25) is 17.1 Å². The third-order valence-corrected chi connectivity index (χ3v) is 5.80. The standard InChI is InChI=1S/C24H26N2O8/c1-31-13-16-11-20(27)22(29)23(34-16)17(12-21(28)26-5-7-33-8-6-26)18-10-14-9-15(32-2)3-4-19(14)25-24(18)30/h3-4,9-11,17,29H,5-8,12-13H2,1-2H3,(H,25,30)/t17-/m1/s1. The maximum absolute atomic E-state index is 13.1. The molecule has 1 fully saturated rings. The third-order valence-electron chi connectivity index (χ3n) is 5.80. The van der Waals surface area contributed by atoms with Crippen molar-refractivity contribution in [2.45, 2.75) is 18.9 Å². The summed E-state index contributed by atoms with van der Waals surface area (Å²) in [5.41, 5.74) is -0.394. The van der Waals surface area contributed by atoms with Gasteiger partial charge >= 0.3 is 0 Å². The molecule has 3 aromatic rings. The Bertz CT molecular complexity index is 1310. The quantitative estimate of drug-likeness (QED) is 0.534. The van der Waals surface area contributed by atoms with E-state index in [1.54, 1.807) is 29.2 Å². The van der Waals surface area contributed by atoms with Crippen LogP contribution in [0.4, 0.5) is 0 Å². The highest BCUT2D eigenvalue weighted by atomic mass is 16.5. The molecule has 1 amide bonds. The van der Waals surface area contributed by atoms with Gasteiger partial charge in [0.15, 0.2) is 5.76 Å². The molecule has 2 N–H and O–H groups in total. The van der Waals surface area contributed by atoms with E-state index in [0.717, 1.165) is 6.07 Å². The second kappa shape index (κ2) is 10.1. The van der Waals surface area contributed by atoms with Crippen LogP contribution in [0.2, 0.25) is 0 Å². The molecule has 0 bridgehead atoms. The van der Waals surface area contributed by atoms with Crippen LogP contribution in [-0.4, -0.2) is 61.4 Å². The average Bonchev–Trinajstić information content (AvgIpc) is 2.85. The molecule has 1 atom stereocenters. The predicted octanol–water partition coefficient (Wildman–Crippen LogP) is 1.72. The summed E-state index contributed by atoms with van der Waals surface area (Å²) in [4.78, 5) is 43.2. The number of amides is 1. The zero-order valence-electron chi connectivity index (χ0n) is 19.0. The summed E-state index contributed by atoms with van der Waals surface area (Å²) in [6.45, 7) is 1.64. The molecule has 180 valence electrons. The summed E-state index contributed by atoms with van der Waals surface area (Å²) in [6.07, 6.45) is -0.189. The van der Waals surface area contributed by atoms with Gasteiger partial charge in [-0.3, -0.25) is 14.4 Å². The monoisotopic (exact) mass is 470 g/mol. The second-order valence-corrected chi connectivity index (χ2v) is 7.98. The number of H-pyrrole nitrogens is 1. The molecule has 34 heavy (non-hydrogen) atoms. The van der Waals surface area contributed by atoms with Crippen molar-refractivity contribution in [3.05, 3.63) is 68.0 Å². The number of aromatic hydroxyl groups is 1. The van der Waals surface area contributed by atoms with Crippen molar-refractivity contribution in [2.24, 2.45) is 0 Å². The van der Waals surface area contributed by atoms with Crippen LogP contribution < -0.4 is 15.7 Å². The number of methoxy groups -OCH3 is 2. The Hall–Kier alpha value is -3.63. The zero-order chi connectivity index (χ0) is 24.2. The predicted molar refractivity (Wildman–Crippen MR) is 122 cm³/mol. The number of ether oxygens (including phenoxy) is 3. The first-order chi connectivity index (χ1) is 16.4. The number of aromatic amines is 1. The Morgan fingerprint density at radius 1 is 1.18 bits per heavy atom. The summed E-state index contributed by atoms with van der Waals surface area (Å²) in [7, 11) is 2.97. The number of carbonyl (C=O) groups excluding carboxylic acids is 1. The second-order valence-electron chi connectivity index (χ2n) is 7.98. The summed E-state index contributed by atoms with van der Waals surface area (Å²) in [5, 5.41) is 11.3. The van der Waals surface area contributed by atoms with Crippen LogP contribution in [0.3, 0.4) is 0 Å². The Balaban J connectivity index is 1.86. The van der Waals surface area contributed by atoms with E-state index >= 15 is 0 Å². The lowest BCUT2D eigenvalue weighted by molar-refractivity contribution is -0.135. The van der Waals surface area contributed by atoms with E-state index in [-0.39, 0.29) is 36.0 Å². The first-order valence-electron chi connectivity index (χ1n) is 10.8. The Morgan fingerprint density at radius 2 is 1.94 bits per heavy atom. The number of hydrogen-bond donors (Lipinski definition) is 2.